The van der Waals surface area contributed by atoms with Gasteiger partial charge in [-0.15, -0.1) is 0 Å². The van der Waals surface area contributed by atoms with E-state index in [1.807, 2.05) is 0 Å². The summed E-state index contributed by atoms with van der Waals surface area (Å²) >= 11 is 0. The summed E-state index contributed by atoms with van der Waals surface area (Å²) in [5, 5.41) is 5.61. The second kappa shape index (κ2) is 11.6. The predicted molar refractivity (Wildman–Crippen MR) is 146 cm³/mol. The van der Waals surface area contributed by atoms with Gasteiger partial charge in [0.2, 0.25) is 5.91 Å². The molecule has 0 spiro atoms. The largest absolute Gasteiger partial charge is 0.355 e. The molecule has 41 heavy (non-hydrogen) atoms. The zero-order valence-corrected chi connectivity index (χ0v) is 21.8. The summed E-state index contributed by atoms with van der Waals surface area (Å²) in [5.41, 5.74) is 2.52. The summed E-state index contributed by atoms with van der Waals surface area (Å²) < 4.78 is 57.6. The zero-order chi connectivity index (χ0) is 29.1. The number of amides is 2. The molecule has 2 amide bonds. The lowest BCUT2D eigenvalue weighted by Crippen LogP contribution is -2.33. The monoisotopic (exact) mass is 560 g/mol. The highest BCUT2D eigenvalue weighted by atomic mass is 19.1. The fraction of sp³-hybridized carbons (Fsp3) is 0.129. The summed E-state index contributed by atoms with van der Waals surface area (Å²) in [6.45, 7) is -0.283. The number of aromatic nitrogens is 2. The van der Waals surface area contributed by atoms with E-state index in [9.17, 15) is 27.2 Å². The number of nitrogens with zero attached hydrogens (tertiary/aromatic N) is 2. The second-order valence-corrected chi connectivity index (χ2v) is 9.46. The van der Waals surface area contributed by atoms with Crippen molar-refractivity contribution in [3.63, 3.8) is 0 Å². The normalized spacial score (nSPS) is 11.8. The highest BCUT2D eigenvalue weighted by molar-refractivity contribution is 5.95. The molecule has 0 aliphatic carbocycles. The van der Waals surface area contributed by atoms with Crippen molar-refractivity contribution < 1.29 is 27.2 Å². The molecule has 208 valence electrons. The average Bonchev–Trinajstić information content (AvgIpc) is 3.34. The van der Waals surface area contributed by atoms with Crippen molar-refractivity contribution in [1.29, 1.82) is 0 Å². The van der Waals surface area contributed by atoms with Crippen LogP contribution in [0.4, 0.5) is 17.6 Å². The number of nitrogens with one attached hydrogen (secondary N) is 2. The SMILES string of the molecule is CNC(=O)c1cccc(-c2cccnc2[C@H](Cc2cc(F)cc(F)c2)NC(=O)Cn2ccc3c(F)cc(F)cc32)c1. The molecule has 2 aromatic heterocycles. The molecule has 2 heterocycles. The first-order valence-electron chi connectivity index (χ1n) is 12.7. The Balaban J connectivity index is 1.52. The predicted octanol–water partition coefficient (Wildman–Crippen LogP) is 5.72. The van der Waals surface area contributed by atoms with Crippen molar-refractivity contribution in [2.24, 2.45) is 0 Å². The van der Waals surface area contributed by atoms with Gasteiger partial charge in [0.05, 0.1) is 17.3 Å². The molecular weight excluding hydrogens is 536 g/mol. The van der Waals surface area contributed by atoms with Gasteiger partial charge in [-0.2, -0.15) is 0 Å². The van der Waals surface area contributed by atoms with Crippen LogP contribution in [-0.2, 0) is 17.8 Å². The molecule has 0 fully saturated rings. The highest BCUT2D eigenvalue weighted by Gasteiger charge is 2.22. The molecule has 1 atom stereocenters. The Bertz CT molecular complexity index is 1750. The number of rotatable bonds is 8. The Hall–Kier alpha value is -4.99. The zero-order valence-electron chi connectivity index (χ0n) is 21.8. The lowest BCUT2D eigenvalue weighted by Gasteiger charge is -2.22. The Morgan fingerprint density at radius 2 is 1.66 bits per heavy atom. The Morgan fingerprint density at radius 3 is 2.41 bits per heavy atom. The molecule has 2 N–H and O–H groups in total. The van der Waals surface area contributed by atoms with Crippen molar-refractivity contribution in [2.75, 3.05) is 7.05 Å². The van der Waals surface area contributed by atoms with Gasteiger partial charge in [0.25, 0.3) is 5.91 Å². The summed E-state index contributed by atoms with van der Waals surface area (Å²) in [7, 11) is 1.52. The first-order chi connectivity index (χ1) is 19.7. The quantitative estimate of drug-likeness (QED) is 0.239. The summed E-state index contributed by atoms with van der Waals surface area (Å²) in [4.78, 5) is 30.1. The average molecular weight is 561 g/mol. The first-order valence-corrected chi connectivity index (χ1v) is 12.7. The maximum absolute atomic E-state index is 14.2. The van der Waals surface area contributed by atoms with Crippen LogP contribution < -0.4 is 10.6 Å². The molecule has 0 saturated carbocycles. The molecule has 0 aliphatic rings. The maximum Gasteiger partial charge on any atom is 0.251 e. The van der Waals surface area contributed by atoms with Crippen LogP contribution in [0.1, 0.15) is 27.7 Å². The molecule has 0 unspecified atom stereocenters. The van der Waals surface area contributed by atoms with E-state index in [2.05, 4.69) is 15.6 Å². The number of benzene rings is 3. The van der Waals surface area contributed by atoms with Crippen LogP contribution in [0.25, 0.3) is 22.0 Å². The minimum atomic E-state index is -0.862. The van der Waals surface area contributed by atoms with Gasteiger partial charge in [-0.1, -0.05) is 18.2 Å². The van der Waals surface area contributed by atoms with Crippen LogP contribution >= 0.6 is 0 Å². The third-order valence-corrected chi connectivity index (χ3v) is 6.65. The van der Waals surface area contributed by atoms with E-state index >= 15 is 0 Å². The Kier molecular flexibility index (Phi) is 7.82. The topological polar surface area (TPSA) is 76.0 Å². The molecular formula is C31H24F4N4O2. The van der Waals surface area contributed by atoms with Crippen molar-refractivity contribution in [3.8, 4) is 11.1 Å². The number of hydrogen-bond acceptors (Lipinski definition) is 3. The summed E-state index contributed by atoms with van der Waals surface area (Å²) in [5.74, 6) is -3.88. The Labute approximate surface area is 232 Å². The summed E-state index contributed by atoms with van der Waals surface area (Å²) in [6, 6.07) is 15.9. The van der Waals surface area contributed by atoms with Crippen molar-refractivity contribution in [2.45, 2.75) is 19.0 Å². The van der Waals surface area contributed by atoms with E-state index in [-0.39, 0.29) is 35.3 Å². The highest BCUT2D eigenvalue weighted by Crippen LogP contribution is 2.30. The van der Waals surface area contributed by atoms with Crippen molar-refractivity contribution in [1.82, 2.24) is 20.2 Å². The molecule has 0 aliphatic heterocycles. The maximum atomic E-state index is 14.2. The number of fused-ring (bicyclic) bond motifs is 1. The van der Waals surface area contributed by atoms with Gasteiger partial charge < -0.3 is 15.2 Å². The number of hydrogen-bond donors (Lipinski definition) is 2. The van der Waals surface area contributed by atoms with Crippen LogP contribution in [0.5, 0.6) is 0 Å². The van der Waals surface area contributed by atoms with Gasteiger partial charge in [0.15, 0.2) is 0 Å². The number of halogens is 4. The van der Waals surface area contributed by atoms with Crippen LogP contribution in [0, 0.1) is 23.3 Å². The number of pyridine rings is 1. The molecule has 3 aromatic carbocycles. The van der Waals surface area contributed by atoms with Gasteiger partial charge in [0.1, 0.15) is 29.8 Å². The van der Waals surface area contributed by atoms with E-state index in [0.29, 0.717) is 22.4 Å². The van der Waals surface area contributed by atoms with Gasteiger partial charge >= 0.3 is 0 Å². The van der Waals surface area contributed by atoms with Crippen LogP contribution in [0.2, 0.25) is 0 Å². The lowest BCUT2D eigenvalue weighted by atomic mass is 9.94. The molecule has 5 aromatic rings. The number of carbonyl (C=O) groups is 2. The first kappa shape index (κ1) is 27.6. The lowest BCUT2D eigenvalue weighted by molar-refractivity contribution is -0.122. The molecule has 5 rings (SSSR count). The van der Waals surface area contributed by atoms with Crippen LogP contribution in [0.3, 0.4) is 0 Å². The van der Waals surface area contributed by atoms with Gasteiger partial charge in [0, 0.05) is 48.1 Å². The van der Waals surface area contributed by atoms with Gasteiger partial charge in [-0.05, 0) is 60.0 Å². The van der Waals surface area contributed by atoms with Crippen molar-refractivity contribution in [3.05, 3.63) is 125 Å². The molecule has 0 bridgehead atoms. The third-order valence-electron chi connectivity index (χ3n) is 6.65. The standard InChI is InChI=1S/C31H24F4N4O2/c1-36-31(41)20-5-2-4-19(13-20)24-6-3-8-37-30(24)27(12-18-10-21(32)14-22(33)11-18)38-29(40)17-39-9-7-25-26(35)15-23(34)16-28(25)39/h2-11,13-16,27H,12,17H2,1H3,(H,36,41)(H,38,40)/t27-/m0/s1. The van der Waals surface area contributed by atoms with E-state index in [1.165, 1.54) is 42.2 Å². The van der Waals surface area contributed by atoms with E-state index in [4.69, 9.17) is 0 Å². The second-order valence-electron chi connectivity index (χ2n) is 9.46. The van der Waals surface area contributed by atoms with Crippen LogP contribution in [-0.4, -0.2) is 28.4 Å². The fourth-order valence-corrected chi connectivity index (χ4v) is 4.84. The minimum absolute atomic E-state index is 0.0186. The molecule has 0 radical (unpaired) electrons. The van der Waals surface area contributed by atoms with Crippen LogP contribution in [0.15, 0.2) is 85.2 Å². The van der Waals surface area contributed by atoms with Gasteiger partial charge in [-0.25, -0.2) is 17.6 Å². The molecule has 6 nitrogen and oxygen atoms in total. The molecule has 0 saturated heterocycles. The number of carbonyl (C=O) groups excluding carboxylic acids is 2. The minimum Gasteiger partial charge on any atom is -0.355 e. The van der Waals surface area contributed by atoms with Crippen molar-refractivity contribution >= 4 is 22.7 Å². The Morgan fingerprint density at radius 1 is 0.902 bits per heavy atom. The molecule has 10 heteroatoms. The van der Waals surface area contributed by atoms with E-state index in [0.717, 1.165) is 18.2 Å². The van der Waals surface area contributed by atoms with E-state index < -0.39 is 35.2 Å². The fourth-order valence-electron chi connectivity index (χ4n) is 4.84. The smallest absolute Gasteiger partial charge is 0.251 e. The third kappa shape index (κ3) is 6.11. The van der Waals surface area contributed by atoms with Gasteiger partial charge in [-0.3, -0.25) is 14.6 Å². The summed E-state index contributed by atoms with van der Waals surface area (Å²) in [6.07, 6.45) is 2.98. The van der Waals surface area contributed by atoms with E-state index in [1.54, 1.807) is 36.4 Å².